The van der Waals surface area contributed by atoms with Crippen LogP contribution in [-0.4, -0.2) is 23.3 Å². The van der Waals surface area contributed by atoms with Gasteiger partial charge in [0.25, 0.3) is 11.8 Å². The monoisotopic (exact) mass is 365 g/mol. The van der Waals surface area contributed by atoms with E-state index in [1.165, 1.54) is 4.90 Å². The Morgan fingerprint density at radius 3 is 1.50 bits per heavy atom. The van der Waals surface area contributed by atoms with E-state index >= 15 is 0 Å². The summed E-state index contributed by atoms with van der Waals surface area (Å²) in [7, 11) is 0. The van der Waals surface area contributed by atoms with Gasteiger partial charge < -0.3 is 0 Å². The second-order valence-corrected chi connectivity index (χ2v) is 6.52. The minimum Gasteiger partial charge on any atom is -0.270 e. The zero-order valence-corrected chi connectivity index (χ0v) is 15.3. The second-order valence-electron chi connectivity index (χ2n) is 6.52. The van der Waals surface area contributed by atoms with Gasteiger partial charge in [0, 0.05) is 6.54 Å². The zero-order chi connectivity index (χ0) is 19.3. The van der Waals surface area contributed by atoms with Crippen LogP contribution < -0.4 is 0 Å². The molecule has 0 aliphatic carbocycles. The summed E-state index contributed by atoms with van der Waals surface area (Å²) in [6.45, 7) is 0.235. The van der Waals surface area contributed by atoms with Crippen LogP contribution in [0.25, 0.3) is 17.2 Å². The number of rotatable bonds is 5. The van der Waals surface area contributed by atoms with Crippen molar-refractivity contribution in [3.63, 3.8) is 0 Å². The lowest BCUT2D eigenvalue weighted by Gasteiger charge is -2.12. The smallest absolute Gasteiger partial charge is 0.262 e. The molecule has 0 saturated carbocycles. The van der Waals surface area contributed by atoms with Crippen molar-refractivity contribution in [3.05, 3.63) is 114 Å². The van der Waals surface area contributed by atoms with Gasteiger partial charge in [-0.3, -0.25) is 14.5 Å². The molecule has 4 rings (SSSR count). The van der Waals surface area contributed by atoms with E-state index in [1.807, 2.05) is 103 Å². The molecule has 0 saturated heterocycles. The van der Waals surface area contributed by atoms with Gasteiger partial charge in [0.1, 0.15) is 0 Å². The summed E-state index contributed by atoms with van der Waals surface area (Å²) in [5.41, 5.74) is 3.47. The van der Waals surface area contributed by atoms with Crippen molar-refractivity contribution < 1.29 is 9.59 Å². The van der Waals surface area contributed by atoms with Crippen LogP contribution in [0.2, 0.25) is 0 Å². The Morgan fingerprint density at radius 1 is 0.607 bits per heavy atom. The molecule has 0 unspecified atom stereocenters. The van der Waals surface area contributed by atoms with Crippen LogP contribution >= 0.6 is 0 Å². The third-order valence-corrected chi connectivity index (χ3v) is 4.69. The van der Waals surface area contributed by atoms with Crippen LogP contribution in [0.3, 0.4) is 0 Å². The van der Waals surface area contributed by atoms with E-state index < -0.39 is 0 Å². The third-order valence-electron chi connectivity index (χ3n) is 4.69. The highest BCUT2D eigenvalue weighted by Gasteiger charge is 2.38. The normalized spacial score (nSPS) is 14.4. The molecule has 0 N–H and O–H groups in total. The van der Waals surface area contributed by atoms with Crippen LogP contribution in [0.5, 0.6) is 0 Å². The molecule has 3 heteroatoms. The summed E-state index contributed by atoms with van der Waals surface area (Å²) in [4.78, 5) is 27.6. The van der Waals surface area contributed by atoms with E-state index in [4.69, 9.17) is 0 Å². The van der Waals surface area contributed by atoms with E-state index in [1.54, 1.807) is 0 Å². The van der Waals surface area contributed by atoms with Crippen LogP contribution in [0.1, 0.15) is 16.7 Å². The second kappa shape index (κ2) is 7.89. The lowest BCUT2D eigenvalue weighted by molar-refractivity contribution is -0.135. The van der Waals surface area contributed by atoms with Crippen LogP contribution in [-0.2, 0) is 9.59 Å². The lowest BCUT2D eigenvalue weighted by atomic mass is 9.96. The maximum atomic E-state index is 13.2. The van der Waals surface area contributed by atoms with Crippen molar-refractivity contribution in [1.82, 2.24) is 4.90 Å². The van der Waals surface area contributed by atoms with Gasteiger partial charge in [-0.2, -0.15) is 0 Å². The molecule has 0 spiro atoms. The fourth-order valence-corrected chi connectivity index (χ4v) is 3.35. The first-order valence-corrected chi connectivity index (χ1v) is 9.18. The maximum absolute atomic E-state index is 13.2. The highest BCUT2D eigenvalue weighted by molar-refractivity contribution is 6.49. The largest absolute Gasteiger partial charge is 0.270 e. The first-order chi connectivity index (χ1) is 13.8. The molecule has 0 bridgehead atoms. The number of carbonyl (C=O) groups excluding carboxylic acids is 2. The minimum atomic E-state index is -0.257. The standard InChI is InChI=1S/C25H19NO2/c27-24-22(20-14-6-2-7-15-20)23(21-16-8-3-9-17-21)25(28)26(24)18-10-13-19-11-4-1-5-12-19/h1-17H,18H2. The Balaban J connectivity index is 1.69. The fourth-order valence-electron chi connectivity index (χ4n) is 3.35. The van der Waals surface area contributed by atoms with Gasteiger partial charge in [-0.15, -0.1) is 0 Å². The van der Waals surface area contributed by atoms with Gasteiger partial charge >= 0.3 is 0 Å². The Kier molecular flexibility index (Phi) is 4.98. The Morgan fingerprint density at radius 2 is 1.04 bits per heavy atom. The molecule has 3 aromatic carbocycles. The van der Waals surface area contributed by atoms with Gasteiger partial charge in [-0.1, -0.05) is 103 Å². The number of carbonyl (C=O) groups is 2. The Hall–Kier alpha value is -3.72. The molecule has 3 nitrogen and oxygen atoms in total. The Bertz CT molecular complexity index is 990. The number of amides is 2. The minimum absolute atomic E-state index is 0.235. The van der Waals surface area contributed by atoms with Gasteiger partial charge in [-0.05, 0) is 16.7 Å². The number of hydrogen-bond donors (Lipinski definition) is 0. The average molecular weight is 365 g/mol. The highest BCUT2D eigenvalue weighted by Crippen LogP contribution is 2.35. The van der Waals surface area contributed by atoms with Crippen molar-refractivity contribution in [2.24, 2.45) is 0 Å². The molecule has 0 radical (unpaired) electrons. The fraction of sp³-hybridized carbons (Fsp3) is 0.0400. The summed E-state index contributed by atoms with van der Waals surface area (Å²) in [5.74, 6) is -0.513. The number of nitrogens with zero attached hydrogens (tertiary/aromatic N) is 1. The molecule has 0 atom stereocenters. The molecule has 0 fully saturated rings. The van der Waals surface area contributed by atoms with Crippen LogP contribution in [0.15, 0.2) is 97.1 Å². The Labute approximate surface area is 164 Å². The molecule has 1 heterocycles. The molecule has 1 aliphatic rings. The van der Waals surface area contributed by atoms with E-state index in [0.29, 0.717) is 11.1 Å². The molecule has 136 valence electrons. The van der Waals surface area contributed by atoms with E-state index in [0.717, 1.165) is 16.7 Å². The summed E-state index contributed by atoms with van der Waals surface area (Å²) < 4.78 is 0. The van der Waals surface area contributed by atoms with Crippen molar-refractivity contribution in [1.29, 1.82) is 0 Å². The van der Waals surface area contributed by atoms with Crippen LogP contribution in [0, 0.1) is 0 Å². The zero-order valence-electron chi connectivity index (χ0n) is 15.3. The molecule has 0 aromatic heterocycles. The van der Waals surface area contributed by atoms with Crippen molar-refractivity contribution in [3.8, 4) is 0 Å². The van der Waals surface area contributed by atoms with Gasteiger partial charge in [0.05, 0.1) is 11.1 Å². The first kappa shape index (κ1) is 17.7. The van der Waals surface area contributed by atoms with Crippen molar-refractivity contribution >= 4 is 29.0 Å². The maximum Gasteiger partial charge on any atom is 0.262 e. The van der Waals surface area contributed by atoms with E-state index in [-0.39, 0.29) is 18.4 Å². The molecule has 28 heavy (non-hydrogen) atoms. The molecule has 2 amide bonds. The van der Waals surface area contributed by atoms with Crippen molar-refractivity contribution in [2.75, 3.05) is 6.54 Å². The molecular formula is C25H19NO2. The van der Waals surface area contributed by atoms with Gasteiger partial charge in [0.2, 0.25) is 0 Å². The summed E-state index contributed by atoms with van der Waals surface area (Å²) in [5, 5.41) is 0. The average Bonchev–Trinajstić information content (AvgIpc) is 3.00. The SMILES string of the molecule is O=C1C(c2ccccc2)=C(c2ccccc2)C(=O)N1CC=Cc1ccccc1. The summed E-state index contributed by atoms with van der Waals surface area (Å²) >= 11 is 0. The molecule has 1 aliphatic heterocycles. The first-order valence-electron chi connectivity index (χ1n) is 9.18. The molecular weight excluding hydrogens is 346 g/mol. The van der Waals surface area contributed by atoms with Gasteiger partial charge in [0.15, 0.2) is 0 Å². The topological polar surface area (TPSA) is 37.4 Å². The number of benzene rings is 3. The van der Waals surface area contributed by atoms with E-state index in [9.17, 15) is 9.59 Å². The van der Waals surface area contributed by atoms with Gasteiger partial charge in [-0.25, -0.2) is 0 Å². The predicted octanol–water partition coefficient (Wildman–Crippen LogP) is 4.68. The number of hydrogen-bond acceptors (Lipinski definition) is 2. The molecule has 3 aromatic rings. The predicted molar refractivity (Wildman–Crippen MR) is 112 cm³/mol. The summed E-state index contributed by atoms with van der Waals surface area (Å²) in [6.07, 6.45) is 3.77. The lowest BCUT2D eigenvalue weighted by Crippen LogP contribution is -2.31. The number of imide groups is 1. The summed E-state index contributed by atoms with van der Waals surface area (Å²) in [6, 6.07) is 28.6. The quantitative estimate of drug-likeness (QED) is 0.616. The van der Waals surface area contributed by atoms with Crippen molar-refractivity contribution in [2.45, 2.75) is 0 Å². The third kappa shape index (κ3) is 3.42. The van der Waals surface area contributed by atoms with Crippen LogP contribution in [0.4, 0.5) is 0 Å². The van der Waals surface area contributed by atoms with E-state index in [2.05, 4.69) is 0 Å². The highest BCUT2D eigenvalue weighted by atomic mass is 16.2.